The van der Waals surface area contributed by atoms with Crippen LogP contribution in [0.5, 0.6) is 0 Å². The molecule has 0 N–H and O–H groups in total. The van der Waals surface area contributed by atoms with Crippen molar-refractivity contribution in [1.29, 1.82) is 0 Å². The van der Waals surface area contributed by atoms with Crippen molar-refractivity contribution in [3.63, 3.8) is 0 Å². The molecule has 1 saturated heterocycles. The summed E-state index contributed by atoms with van der Waals surface area (Å²) in [5.74, 6) is 2.04. The number of amides is 3. The lowest BCUT2D eigenvalue weighted by Crippen LogP contribution is -2.36. The van der Waals surface area contributed by atoms with Gasteiger partial charge in [0.15, 0.2) is 6.73 Å². The Morgan fingerprint density at radius 2 is 2.05 bits per heavy atom. The fourth-order valence-corrected chi connectivity index (χ4v) is 2.27. The van der Waals surface area contributed by atoms with Crippen molar-refractivity contribution in [1.82, 2.24) is 9.80 Å². The van der Waals surface area contributed by atoms with E-state index < -0.39 is 11.9 Å². The summed E-state index contributed by atoms with van der Waals surface area (Å²) in [6.07, 6.45) is 5.10. The standard InChI is InChI=1S/C13H16N2O4/c1-4-5-14-6-10(16)15(13(14)18)7-19-12(17)11-8(2)9(11)3/h1,8-9,11H,5-7H2,2-3H3. The van der Waals surface area contributed by atoms with E-state index in [0.717, 1.165) is 4.90 Å². The first-order valence-electron chi connectivity index (χ1n) is 6.16. The zero-order valence-corrected chi connectivity index (χ0v) is 11.0. The number of rotatable bonds is 4. The van der Waals surface area contributed by atoms with Crippen LogP contribution < -0.4 is 0 Å². The quantitative estimate of drug-likeness (QED) is 0.416. The van der Waals surface area contributed by atoms with Crippen LogP contribution in [0, 0.1) is 30.1 Å². The molecular weight excluding hydrogens is 248 g/mol. The Labute approximate surface area is 111 Å². The highest BCUT2D eigenvalue weighted by Gasteiger charge is 2.49. The van der Waals surface area contributed by atoms with Crippen LogP contribution in [0.3, 0.4) is 0 Å². The fourth-order valence-electron chi connectivity index (χ4n) is 2.27. The zero-order chi connectivity index (χ0) is 14.2. The molecule has 2 aliphatic rings. The SMILES string of the molecule is C#CCN1CC(=O)N(COC(=O)C2C(C)C2C)C1=O. The summed E-state index contributed by atoms with van der Waals surface area (Å²) in [7, 11) is 0. The first kappa shape index (κ1) is 13.4. The van der Waals surface area contributed by atoms with Crippen LogP contribution >= 0.6 is 0 Å². The Hall–Kier alpha value is -2.03. The van der Waals surface area contributed by atoms with Gasteiger partial charge in [-0.2, -0.15) is 0 Å². The van der Waals surface area contributed by atoms with E-state index in [4.69, 9.17) is 11.2 Å². The maximum Gasteiger partial charge on any atom is 0.330 e. The lowest BCUT2D eigenvalue weighted by Gasteiger charge is -2.15. The van der Waals surface area contributed by atoms with Gasteiger partial charge in [-0.25, -0.2) is 9.69 Å². The molecule has 102 valence electrons. The molecule has 1 saturated carbocycles. The number of carbonyl (C=O) groups is 3. The molecule has 0 bridgehead atoms. The van der Waals surface area contributed by atoms with Gasteiger partial charge in [0.2, 0.25) is 0 Å². The minimum absolute atomic E-state index is 0.0587. The van der Waals surface area contributed by atoms with Crippen molar-refractivity contribution in [2.24, 2.45) is 17.8 Å². The van der Waals surface area contributed by atoms with Crippen molar-refractivity contribution < 1.29 is 19.1 Å². The summed E-state index contributed by atoms with van der Waals surface area (Å²) in [4.78, 5) is 37.2. The number of terminal acetylenes is 1. The highest BCUT2D eigenvalue weighted by atomic mass is 16.5. The van der Waals surface area contributed by atoms with E-state index in [9.17, 15) is 14.4 Å². The molecule has 1 aliphatic carbocycles. The van der Waals surface area contributed by atoms with Crippen LogP contribution in [0.15, 0.2) is 0 Å². The number of carbonyl (C=O) groups excluding carboxylic acids is 3. The summed E-state index contributed by atoms with van der Waals surface area (Å²) in [5.41, 5.74) is 0. The monoisotopic (exact) mass is 264 g/mol. The van der Waals surface area contributed by atoms with Crippen LogP contribution in [0.1, 0.15) is 13.8 Å². The van der Waals surface area contributed by atoms with Gasteiger partial charge in [0.05, 0.1) is 12.5 Å². The molecule has 0 aromatic heterocycles. The summed E-state index contributed by atoms with van der Waals surface area (Å²) in [6, 6.07) is -0.507. The Bertz CT molecular complexity index is 460. The van der Waals surface area contributed by atoms with Gasteiger partial charge in [0, 0.05) is 0 Å². The molecule has 6 nitrogen and oxygen atoms in total. The second kappa shape index (κ2) is 4.92. The van der Waals surface area contributed by atoms with Gasteiger partial charge in [-0.05, 0) is 11.8 Å². The first-order chi connectivity index (χ1) is 8.97. The number of imide groups is 1. The van der Waals surface area contributed by atoms with E-state index in [1.54, 1.807) is 0 Å². The van der Waals surface area contributed by atoms with E-state index in [2.05, 4.69) is 5.92 Å². The molecule has 0 spiro atoms. The average molecular weight is 264 g/mol. The van der Waals surface area contributed by atoms with Crippen molar-refractivity contribution in [2.45, 2.75) is 13.8 Å². The van der Waals surface area contributed by atoms with Gasteiger partial charge in [0.1, 0.15) is 6.54 Å². The summed E-state index contributed by atoms with van der Waals surface area (Å²) < 4.78 is 5.03. The number of hydrogen-bond donors (Lipinski definition) is 0. The largest absolute Gasteiger partial charge is 0.443 e. The first-order valence-corrected chi connectivity index (χ1v) is 6.16. The second-order valence-corrected chi connectivity index (χ2v) is 5.00. The lowest BCUT2D eigenvalue weighted by molar-refractivity contribution is -0.151. The molecular formula is C13H16N2O4. The van der Waals surface area contributed by atoms with Crippen LogP contribution in [-0.2, 0) is 14.3 Å². The number of urea groups is 1. The Balaban J connectivity index is 1.86. The molecule has 1 aliphatic heterocycles. The van der Waals surface area contributed by atoms with E-state index in [1.807, 2.05) is 13.8 Å². The van der Waals surface area contributed by atoms with Crippen LogP contribution in [0.25, 0.3) is 0 Å². The lowest BCUT2D eigenvalue weighted by atomic mass is 10.3. The molecule has 1 heterocycles. The third-order valence-electron chi connectivity index (χ3n) is 3.84. The van der Waals surface area contributed by atoms with E-state index >= 15 is 0 Å². The van der Waals surface area contributed by atoms with E-state index in [1.165, 1.54) is 4.90 Å². The van der Waals surface area contributed by atoms with Gasteiger partial charge in [-0.3, -0.25) is 9.59 Å². The topological polar surface area (TPSA) is 66.9 Å². The molecule has 0 aromatic carbocycles. The molecule has 2 unspecified atom stereocenters. The number of esters is 1. The molecule has 19 heavy (non-hydrogen) atoms. The van der Waals surface area contributed by atoms with Gasteiger partial charge in [-0.15, -0.1) is 6.42 Å². The molecule has 2 rings (SSSR count). The van der Waals surface area contributed by atoms with Crippen molar-refractivity contribution in [3.05, 3.63) is 0 Å². The van der Waals surface area contributed by atoms with Crippen molar-refractivity contribution >= 4 is 17.9 Å². The average Bonchev–Trinajstić information content (AvgIpc) is 2.86. The van der Waals surface area contributed by atoms with E-state index in [0.29, 0.717) is 11.8 Å². The minimum Gasteiger partial charge on any atom is -0.443 e. The predicted octanol–water partition coefficient (Wildman–Crippen LogP) is 0.286. The van der Waals surface area contributed by atoms with Gasteiger partial charge >= 0.3 is 12.0 Å². The van der Waals surface area contributed by atoms with Crippen molar-refractivity contribution in [3.8, 4) is 12.3 Å². The second-order valence-electron chi connectivity index (χ2n) is 5.00. The Kier molecular flexibility index (Phi) is 3.47. The third kappa shape index (κ3) is 2.41. The van der Waals surface area contributed by atoms with Gasteiger partial charge in [0.25, 0.3) is 5.91 Å². The number of hydrogen-bond acceptors (Lipinski definition) is 4. The highest BCUT2D eigenvalue weighted by Crippen LogP contribution is 2.46. The van der Waals surface area contributed by atoms with Gasteiger partial charge < -0.3 is 9.64 Å². The summed E-state index contributed by atoms with van der Waals surface area (Å²) in [6.45, 7) is 3.63. The maximum absolute atomic E-state index is 11.8. The Morgan fingerprint density at radius 1 is 1.42 bits per heavy atom. The maximum atomic E-state index is 11.8. The van der Waals surface area contributed by atoms with E-state index in [-0.39, 0.29) is 31.7 Å². The molecule has 3 amide bonds. The smallest absolute Gasteiger partial charge is 0.330 e. The van der Waals surface area contributed by atoms with Gasteiger partial charge in [-0.1, -0.05) is 19.8 Å². The number of ether oxygens (including phenoxy) is 1. The summed E-state index contributed by atoms with van der Waals surface area (Å²) in [5, 5.41) is 0. The molecule has 0 aromatic rings. The van der Waals surface area contributed by atoms with Crippen molar-refractivity contribution in [2.75, 3.05) is 19.8 Å². The Morgan fingerprint density at radius 3 is 2.58 bits per heavy atom. The normalized spacial score (nSPS) is 29.4. The minimum atomic E-state index is -0.507. The number of nitrogens with zero attached hydrogens (tertiary/aromatic N) is 2. The molecule has 2 fully saturated rings. The molecule has 0 radical (unpaired) electrons. The van der Waals surface area contributed by atoms with Crippen LogP contribution in [0.4, 0.5) is 4.79 Å². The molecule has 2 atom stereocenters. The fraction of sp³-hybridized carbons (Fsp3) is 0.615. The predicted molar refractivity (Wildman–Crippen MR) is 65.4 cm³/mol. The summed E-state index contributed by atoms with van der Waals surface area (Å²) >= 11 is 0. The highest BCUT2D eigenvalue weighted by molar-refractivity contribution is 6.02. The van der Waals surface area contributed by atoms with Crippen LogP contribution in [0.2, 0.25) is 0 Å². The molecule has 6 heteroatoms. The van der Waals surface area contributed by atoms with Crippen LogP contribution in [-0.4, -0.2) is 47.5 Å². The zero-order valence-electron chi connectivity index (χ0n) is 11.0. The third-order valence-corrected chi connectivity index (χ3v) is 3.84.